The number of fused-ring (bicyclic) bond motifs is 1. The minimum absolute atomic E-state index is 0.391. The number of benzene rings is 1. The largest absolute Gasteiger partial charge is 0.366 e. The Morgan fingerprint density at radius 3 is 3.08 bits per heavy atom. The summed E-state index contributed by atoms with van der Waals surface area (Å²) in [5.41, 5.74) is 7.83. The summed E-state index contributed by atoms with van der Waals surface area (Å²) < 4.78 is 0. The van der Waals surface area contributed by atoms with E-state index in [4.69, 9.17) is 5.73 Å². The Bertz CT molecular complexity index is 369. The summed E-state index contributed by atoms with van der Waals surface area (Å²) in [7, 11) is 0. The number of nitrogens with two attached hydrogens (primary N) is 1. The van der Waals surface area contributed by atoms with Crippen molar-refractivity contribution in [3.8, 4) is 0 Å². The zero-order valence-corrected chi connectivity index (χ0v) is 6.45. The molecule has 12 heavy (non-hydrogen) atoms. The summed E-state index contributed by atoms with van der Waals surface area (Å²) in [6.07, 6.45) is 1.77. The zero-order valence-electron chi connectivity index (χ0n) is 6.45. The van der Waals surface area contributed by atoms with Crippen LogP contribution in [0.2, 0.25) is 0 Å². The topological polar surface area (TPSA) is 55.5 Å². The van der Waals surface area contributed by atoms with Gasteiger partial charge < -0.3 is 5.73 Å². The van der Waals surface area contributed by atoms with Crippen molar-refractivity contribution in [3.05, 3.63) is 34.9 Å². The van der Waals surface area contributed by atoms with Crippen LogP contribution in [0.25, 0.3) is 0 Å². The molecule has 0 spiro atoms. The van der Waals surface area contributed by atoms with Gasteiger partial charge in [-0.15, -0.1) is 0 Å². The average Bonchev–Trinajstić information content (AvgIpc) is 2.49. The van der Waals surface area contributed by atoms with Crippen molar-refractivity contribution >= 4 is 12.1 Å². The highest BCUT2D eigenvalue weighted by Gasteiger charge is 2.08. The van der Waals surface area contributed by atoms with Crippen LogP contribution in [0.4, 0.5) is 0 Å². The molecule has 0 aromatic heterocycles. The molecule has 60 valence electrons. The molecule has 0 aliphatic carbocycles. The van der Waals surface area contributed by atoms with Crippen LogP contribution < -0.4 is 5.73 Å². The van der Waals surface area contributed by atoms with Crippen LogP contribution in [0.1, 0.15) is 21.5 Å². The standard InChI is InChI=1S/C9H8N2O/c10-9(12)6-1-2-7-4-11-5-8(7)3-6/h1-3,5H,4H2,(H2,10,12). The van der Waals surface area contributed by atoms with Crippen LogP contribution in [0, 0.1) is 0 Å². The van der Waals surface area contributed by atoms with Gasteiger partial charge in [0.25, 0.3) is 0 Å². The number of hydrogen-bond donors (Lipinski definition) is 1. The number of primary amides is 1. The smallest absolute Gasteiger partial charge is 0.248 e. The fourth-order valence-corrected chi connectivity index (χ4v) is 1.25. The van der Waals surface area contributed by atoms with Gasteiger partial charge in [-0.3, -0.25) is 9.79 Å². The highest BCUT2D eigenvalue weighted by molar-refractivity contribution is 5.96. The van der Waals surface area contributed by atoms with E-state index in [1.807, 2.05) is 6.07 Å². The van der Waals surface area contributed by atoms with Crippen LogP contribution >= 0.6 is 0 Å². The summed E-state index contributed by atoms with van der Waals surface area (Å²) in [6, 6.07) is 5.40. The molecule has 0 fully saturated rings. The summed E-state index contributed by atoms with van der Waals surface area (Å²) in [6.45, 7) is 0.717. The monoisotopic (exact) mass is 160 g/mol. The van der Waals surface area contributed by atoms with E-state index in [1.165, 1.54) is 0 Å². The Labute approximate surface area is 69.9 Å². The Hall–Kier alpha value is -1.64. The number of carbonyl (C=O) groups is 1. The molecule has 1 amide bonds. The third-order valence-corrected chi connectivity index (χ3v) is 1.92. The van der Waals surface area contributed by atoms with E-state index in [-0.39, 0.29) is 0 Å². The third-order valence-electron chi connectivity index (χ3n) is 1.92. The molecule has 0 saturated heterocycles. The van der Waals surface area contributed by atoms with Gasteiger partial charge in [0, 0.05) is 11.8 Å². The van der Waals surface area contributed by atoms with Gasteiger partial charge in [0.05, 0.1) is 6.54 Å². The fraction of sp³-hybridized carbons (Fsp3) is 0.111. The first-order valence-corrected chi connectivity index (χ1v) is 3.70. The first-order chi connectivity index (χ1) is 5.77. The summed E-state index contributed by atoms with van der Waals surface area (Å²) in [5, 5.41) is 0. The van der Waals surface area contributed by atoms with Gasteiger partial charge in [-0.1, -0.05) is 6.07 Å². The van der Waals surface area contributed by atoms with Crippen LogP contribution in [0.3, 0.4) is 0 Å². The number of rotatable bonds is 1. The quantitative estimate of drug-likeness (QED) is 0.646. The van der Waals surface area contributed by atoms with Crippen LogP contribution in [0.15, 0.2) is 23.2 Å². The molecule has 0 saturated carbocycles. The maximum absolute atomic E-state index is 10.8. The van der Waals surface area contributed by atoms with Crippen molar-refractivity contribution in [2.75, 3.05) is 0 Å². The molecule has 0 unspecified atom stereocenters. The van der Waals surface area contributed by atoms with Gasteiger partial charge >= 0.3 is 0 Å². The minimum Gasteiger partial charge on any atom is -0.366 e. The highest BCUT2D eigenvalue weighted by Crippen LogP contribution is 2.15. The lowest BCUT2D eigenvalue weighted by molar-refractivity contribution is 0.100. The van der Waals surface area contributed by atoms with E-state index in [0.717, 1.165) is 11.1 Å². The molecule has 2 N–H and O–H groups in total. The van der Waals surface area contributed by atoms with Crippen LogP contribution in [-0.4, -0.2) is 12.1 Å². The SMILES string of the molecule is NC(=O)c1ccc2c(c1)C=NC2. The lowest BCUT2D eigenvalue weighted by Crippen LogP contribution is -2.11. The van der Waals surface area contributed by atoms with Gasteiger partial charge in [0.2, 0.25) is 5.91 Å². The summed E-state index contributed by atoms with van der Waals surface area (Å²) >= 11 is 0. The van der Waals surface area contributed by atoms with Crippen molar-refractivity contribution in [2.45, 2.75) is 6.54 Å². The molecule has 1 heterocycles. The predicted molar refractivity (Wildman–Crippen MR) is 46.3 cm³/mol. The second-order valence-electron chi connectivity index (χ2n) is 2.75. The molecule has 1 aliphatic rings. The lowest BCUT2D eigenvalue weighted by Gasteiger charge is -1.98. The minimum atomic E-state index is -0.391. The molecule has 2 rings (SSSR count). The zero-order chi connectivity index (χ0) is 8.55. The van der Waals surface area contributed by atoms with Gasteiger partial charge in [-0.05, 0) is 23.3 Å². The summed E-state index contributed by atoms with van der Waals surface area (Å²) in [5.74, 6) is -0.391. The highest BCUT2D eigenvalue weighted by atomic mass is 16.1. The fourth-order valence-electron chi connectivity index (χ4n) is 1.25. The number of aliphatic imine (C=N–C) groups is 1. The van der Waals surface area contributed by atoms with Crippen LogP contribution in [0.5, 0.6) is 0 Å². The normalized spacial score (nSPS) is 13.0. The maximum Gasteiger partial charge on any atom is 0.248 e. The molecule has 3 heteroatoms. The van der Waals surface area contributed by atoms with E-state index in [2.05, 4.69) is 4.99 Å². The number of hydrogen-bond acceptors (Lipinski definition) is 2. The Kier molecular flexibility index (Phi) is 1.43. The Balaban J connectivity index is 2.51. The Morgan fingerprint density at radius 1 is 1.50 bits per heavy atom. The molecule has 0 radical (unpaired) electrons. The van der Waals surface area contributed by atoms with Crippen molar-refractivity contribution in [3.63, 3.8) is 0 Å². The number of amides is 1. The molecule has 1 aliphatic heterocycles. The van der Waals surface area contributed by atoms with Gasteiger partial charge in [0.1, 0.15) is 0 Å². The molecule has 3 nitrogen and oxygen atoms in total. The first-order valence-electron chi connectivity index (χ1n) is 3.70. The van der Waals surface area contributed by atoms with E-state index in [9.17, 15) is 4.79 Å². The molecule has 1 aromatic rings. The molecular weight excluding hydrogens is 152 g/mol. The Morgan fingerprint density at radius 2 is 2.33 bits per heavy atom. The van der Waals surface area contributed by atoms with Gasteiger partial charge in [0.15, 0.2) is 0 Å². The van der Waals surface area contributed by atoms with Crippen molar-refractivity contribution in [1.82, 2.24) is 0 Å². The molecule has 0 bridgehead atoms. The second-order valence-corrected chi connectivity index (χ2v) is 2.75. The van der Waals surface area contributed by atoms with Gasteiger partial charge in [-0.2, -0.15) is 0 Å². The van der Waals surface area contributed by atoms with E-state index >= 15 is 0 Å². The van der Waals surface area contributed by atoms with Crippen LogP contribution in [-0.2, 0) is 6.54 Å². The molecule has 1 aromatic carbocycles. The lowest BCUT2D eigenvalue weighted by atomic mass is 10.1. The number of nitrogens with zero attached hydrogens (tertiary/aromatic N) is 1. The van der Waals surface area contributed by atoms with E-state index in [0.29, 0.717) is 12.1 Å². The molecule has 0 atom stereocenters. The second kappa shape index (κ2) is 2.44. The van der Waals surface area contributed by atoms with Crippen molar-refractivity contribution in [1.29, 1.82) is 0 Å². The van der Waals surface area contributed by atoms with Gasteiger partial charge in [-0.25, -0.2) is 0 Å². The maximum atomic E-state index is 10.8. The van der Waals surface area contributed by atoms with Crippen molar-refractivity contribution < 1.29 is 4.79 Å². The predicted octanol–water partition coefficient (Wildman–Crippen LogP) is 0.718. The average molecular weight is 160 g/mol. The van der Waals surface area contributed by atoms with Crippen molar-refractivity contribution in [2.24, 2.45) is 10.7 Å². The van der Waals surface area contributed by atoms with E-state index in [1.54, 1.807) is 18.3 Å². The molecular formula is C9H8N2O. The first kappa shape index (κ1) is 7.03. The summed E-state index contributed by atoms with van der Waals surface area (Å²) in [4.78, 5) is 14.9. The third kappa shape index (κ3) is 0.993. The number of carbonyl (C=O) groups excluding carboxylic acids is 1. The van der Waals surface area contributed by atoms with E-state index < -0.39 is 5.91 Å².